The van der Waals surface area contributed by atoms with Gasteiger partial charge in [-0.2, -0.15) is 0 Å². The van der Waals surface area contributed by atoms with E-state index in [1.54, 1.807) is 11.6 Å². The highest BCUT2D eigenvalue weighted by atomic mass is 35.5. The SMILES string of the molecule is CCOc1ccc([C@H]2OCC(C)(C)n3c(-c4ccc(Cl)cc4)c4c(=O)n(C)c(=O)n(C)c4c32)cc1. The summed E-state index contributed by atoms with van der Waals surface area (Å²) in [5, 5.41) is 1.10. The minimum absolute atomic E-state index is 0.337. The average Bonchev–Trinajstić information content (AvgIpc) is 3.20. The Morgan fingerprint density at radius 3 is 2.31 bits per heavy atom. The molecule has 35 heavy (non-hydrogen) atoms. The Bertz CT molecular complexity index is 1540. The molecule has 1 aliphatic heterocycles. The zero-order valence-corrected chi connectivity index (χ0v) is 21.2. The summed E-state index contributed by atoms with van der Waals surface area (Å²) in [5.74, 6) is 0.774. The number of hydrogen-bond donors (Lipinski definition) is 0. The summed E-state index contributed by atoms with van der Waals surface area (Å²) < 4.78 is 16.9. The lowest BCUT2D eigenvalue weighted by Gasteiger charge is -2.39. The van der Waals surface area contributed by atoms with E-state index in [1.807, 2.05) is 55.5 Å². The number of fused-ring (bicyclic) bond motifs is 3. The second-order valence-electron chi connectivity index (χ2n) is 9.51. The van der Waals surface area contributed by atoms with Crippen molar-refractivity contribution in [3.05, 3.63) is 85.6 Å². The van der Waals surface area contributed by atoms with Gasteiger partial charge in [-0.3, -0.25) is 13.9 Å². The maximum atomic E-state index is 13.6. The topological polar surface area (TPSA) is 67.4 Å². The van der Waals surface area contributed by atoms with Gasteiger partial charge in [-0.25, -0.2) is 4.79 Å². The Morgan fingerprint density at radius 1 is 1.03 bits per heavy atom. The van der Waals surface area contributed by atoms with Crippen LogP contribution >= 0.6 is 11.6 Å². The summed E-state index contributed by atoms with van der Waals surface area (Å²) in [7, 11) is 3.21. The second kappa shape index (κ2) is 8.43. The molecule has 0 saturated heterocycles. The zero-order chi connectivity index (χ0) is 25.1. The van der Waals surface area contributed by atoms with Crippen LogP contribution < -0.4 is 16.0 Å². The van der Waals surface area contributed by atoms with Crippen molar-refractivity contribution in [2.75, 3.05) is 13.2 Å². The standard InChI is InChI=1S/C27H28ClN3O4/c1-6-34-19-13-9-17(10-14-19)24-23-22-20(25(32)30(5)26(33)29(22)4)21(16-7-11-18(28)12-8-16)31(23)27(2,3)15-35-24/h7-14,24H,6,15H2,1-5H3/t24-/m1/s1. The molecular weight excluding hydrogens is 466 g/mol. The van der Waals surface area contributed by atoms with Crippen molar-refractivity contribution in [3.8, 4) is 17.0 Å². The van der Waals surface area contributed by atoms with Gasteiger partial charge < -0.3 is 14.0 Å². The van der Waals surface area contributed by atoms with Crippen molar-refractivity contribution in [3.63, 3.8) is 0 Å². The van der Waals surface area contributed by atoms with Crippen LogP contribution in [0.4, 0.5) is 0 Å². The first-order chi connectivity index (χ1) is 16.7. The van der Waals surface area contributed by atoms with Crippen LogP contribution in [-0.4, -0.2) is 26.9 Å². The highest BCUT2D eigenvalue weighted by molar-refractivity contribution is 6.30. The van der Waals surface area contributed by atoms with Crippen LogP contribution in [0.25, 0.3) is 22.2 Å². The summed E-state index contributed by atoms with van der Waals surface area (Å²) in [6.07, 6.45) is -0.472. The number of rotatable bonds is 4. The van der Waals surface area contributed by atoms with Gasteiger partial charge in [-0.15, -0.1) is 0 Å². The third-order valence-corrected chi connectivity index (χ3v) is 6.93. The number of ether oxygens (including phenoxy) is 2. The van der Waals surface area contributed by atoms with Crippen LogP contribution in [-0.2, 0) is 24.4 Å². The van der Waals surface area contributed by atoms with Gasteiger partial charge in [0.25, 0.3) is 5.56 Å². The molecule has 1 aliphatic rings. The maximum absolute atomic E-state index is 13.6. The highest BCUT2D eigenvalue weighted by Gasteiger charge is 2.40. The summed E-state index contributed by atoms with van der Waals surface area (Å²) in [5.41, 5.74) is 2.68. The number of aryl methyl sites for hydroxylation is 1. The largest absolute Gasteiger partial charge is 0.494 e. The fraction of sp³-hybridized carbons (Fsp3) is 0.333. The minimum atomic E-state index is -0.480. The number of aromatic nitrogens is 3. The van der Waals surface area contributed by atoms with Gasteiger partial charge in [0.15, 0.2) is 0 Å². The van der Waals surface area contributed by atoms with Crippen LogP contribution in [0.15, 0.2) is 58.1 Å². The average molecular weight is 494 g/mol. The van der Waals surface area contributed by atoms with Gasteiger partial charge in [0.05, 0.1) is 41.0 Å². The lowest BCUT2D eigenvalue weighted by Crippen LogP contribution is -2.40. The van der Waals surface area contributed by atoms with E-state index >= 15 is 0 Å². The third-order valence-electron chi connectivity index (χ3n) is 6.68. The van der Waals surface area contributed by atoms with Gasteiger partial charge in [0.2, 0.25) is 0 Å². The highest BCUT2D eigenvalue weighted by Crippen LogP contribution is 2.45. The molecule has 2 aromatic carbocycles. The third kappa shape index (κ3) is 3.61. The van der Waals surface area contributed by atoms with Crippen LogP contribution in [0.1, 0.15) is 38.1 Å². The molecule has 4 aromatic rings. The molecule has 0 bridgehead atoms. The Morgan fingerprint density at radius 2 is 1.69 bits per heavy atom. The number of nitrogens with zero attached hydrogens (tertiary/aromatic N) is 3. The lowest BCUT2D eigenvalue weighted by molar-refractivity contribution is -0.00709. The molecule has 0 aliphatic carbocycles. The Labute approximate surface area is 208 Å². The molecule has 0 spiro atoms. The van der Waals surface area contributed by atoms with E-state index in [9.17, 15) is 9.59 Å². The van der Waals surface area contributed by atoms with E-state index < -0.39 is 11.6 Å². The maximum Gasteiger partial charge on any atom is 0.331 e. The molecule has 0 fully saturated rings. The lowest BCUT2D eigenvalue weighted by atomic mass is 9.98. The predicted octanol–water partition coefficient (Wildman–Crippen LogP) is 4.61. The van der Waals surface area contributed by atoms with Crippen molar-refractivity contribution in [1.82, 2.24) is 13.7 Å². The molecule has 8 heteroatoms. The van der Waals surface area contributed by atoms with E-state index in [0.29, 0.717) is 29.1 Å². The summed E-state index contributed by atoms with van der Waals surface area (Å²) in [4.78, 5) is 26.6. The molecule has 2 aromatic heterocycles. The molecule has 0 N–H and O–H groups in total. The fourth-order valence-corrected chi connectivity index (χ4v) is 5.16. The minimum Gasteiger partial charge on any atom is -0.494 e. The van der Waals surface area contributed by atoms with Gasteiger partial charge >= 0.3 is 5.69 Å². The van der Waals surface area contributed by atoms with Crippen molar-refractivity contribution in [2.24, 2.45) is 14.1 Å². The normalized spacial score (nSPS) is 16.9. The van der Waals surface area contributed by atoms with Crippen LogP contribution in [0, 0.1) is 0 Å². The van der Waals surface area contributed by atoms with Crippen molar-refractivity contribution < 1.29 is 9.47 Å². The van der Waals surface area contributed by atoms with E-state index in [-0.39, 0.29) is 11.2 Å². The first kappa shape index (κ1) is 23.5. The van der Waals surface area contributed by atoms with Crippen LogP contribution in [0.5, 0.6) is 5.75 Å². The van der Waals surface area contributed by atoms with Gasteiger partial charge in [0, 0.05) is 19.1 Å². The van der Waals surface area contributed by atoms with E-state index in [1.165, 1.54) is 7.05 Å². The molecule has 3 heterocycles. The number of benzene rings is 2. The molecule has 0 unspecified atom stereocenters. The monoisotopic (exact) mass is 493 g/mol. The molecule has 0 amide bonds. The number of halogens is 1. The fourth-order valence-electron chi connectivity index (χ4n) is 5.04. The smallest absolute Gasteiger partial charge is 0.331 e. The Hall–Kier alpha value is -3.29. The molecule has 0 radical (unpaired) electrons. The molecule has 0 saturated carbocycles. The molecule has 182 valence electrons. The number of hydrogen-bond acceptors (Lipinski definition) is 4. The Balaban J connectivity index is 1.91. The predicted molar refractivity (Wildman–Crippen MR) is 138 cm³/mol. The molecule has 1 atom stereocenters. The van der Waals surface area contributed by atoms with E-state index in [0.717, 1.165) is 32.8 Å². The van der Waals surface area contributed by atoms with Crippen molar-refractivity contribution in [2.45, 2.75) is 32.4 Å². The van der Waals surface area contributed by atoms with Gasteiger partial charge in [-0.1, -0.05) is 35.9 Å². The van der Waals surface area contributed by atoms with Crippen molar-refractivity contribution in [1.29, 1.82) is 0 Å². The quantitative estimate of drug-likeness (QED) is 0.416. The van der Waals surface area contributed by atoms with Crippen molar-refractivity contribution >= 4 is 22.5 Å². The summed E-state index contributed by atoms with van der Waals surface area (Å²) in [6.45, 7) is 7.10. The summed E-state index contributed by atoms with van der Waals surface area (Å²) in [6, 6.07) is 15.2. The van der Waals surface area contributed by atoms with Gasteiger partial charge in [0.1, 0.15) is 11.9 Å². The second-order valence-corrected chi connectivity index (χ2v) is 9.95. The molecule has 5 rings (SSSR count). The molecule has 7 nitrogen and oxygen atoms in total. The van der Waals surface area contributed by atoms with Crippen LogP contribution in [0.3, 0.4) is 0 Å². The van der Waals surface area contributed by atoms with Gasteiger partial charge in [-0.05, 0) is 56.2 Å². The summed E-state index contributed by atoms with van der Waals surface area (Å²) >= 11 is 6.18. The Kier molecular flexibility index (Phi) is 5.65. The first-order valence-corrected chi connectivity index (χ1v) is 12.0. The zero-order valence-electron chi connectivity index (χ0n) is 20.5. The van der Waals surface area contributed by atoms with E-state index in [2.05, 4.69) is 18.4 Å². The first-order valence-electron chi connectivity index (χ1n) is 11.6. The van der Waals surface area contributed by atoms with E-state index in [4.69, 9.17) is 21.1 Å². The van der Waals surface area contributed by atoms with Crippen LogP contribution in [0.2, 0.25) is 5.02 Å². The molecular formula is C27H28ClN3O4.